The van der Waals surface area contributed by atoms with Crippen molar-refractivity contribution in [1.29, 1.82) is 0 Å². The second kappa shape index (κ2) is 5.24. The number of rotatable bonds is 3. The summed E-state index contributed by atoms with van der Waals surface area (Å²) in [5.74, 6) is 0. The first-order valence-corrected chi connectivity index (χ1v) is 7.06. The largest absolute Gasteiger partial charge is 0.416 e. The number of aromatic nitrogens is 1. The molecule has 0 aliphatic rings. The minimum Gasteiger partial charge on any atom is -0.366 e. The van der Waals surface area contributed by atoms with Gasteiger partial charge in [-0.25, -0.2) is 8.42 Å². The van der Waals surface area contributed by atoms with Crippen LogP contribution in [0.15, 0.2) is 52.4 Å². The standard InChI is InChI=1S/C12H9F3N2O3S/c13-12(14,15)8-1-3-9(4-2-8)17-21(19,20)11-7-16-6-5-10(11)18/h1-7,17H,(H,16,18). The average molecular weight is 318 g/mol. The summed E-state index contributed by atoms with van der Waals surface area (Å²) >= 11 is 0. The number of alkyl halides is 3. The average Bonchev–Trinajstić information content (AvgIpc) is 2.38. The van der Waals surface area contributed by atoms with E-state index in [0.29, 0.717) is 0 Å². The van der Waals surface area contributed by atoms with Gasteiger partial charge < -0.3 is 4.98 Å². The number of nitrogens with one attached hydrogen (secondary N) is 2. The van der Waals surface area contributed by atoms with Crippen LogP contribution >= 0.6 is 0 Å². The lowest BCUT2D eigenvalue weighted by atomic mass is 10.2. The molecule has 0 fully saturated rings. The summed E-state index contributed by atoms with van der Waals surface area (Å²) < 4.78 is 63.1. The first kappa shape index (κ1) is 15.1. The van der Waals surface area contributed by atoms with E-state index in [-0.39, 0.29) is 5.69 Å². The van der Waals surface area contributed by atoms with Crippen molar-refractivity contribution in [2.75, 3.05) is 4.72 Å². The predicted octanol–water partition coefficient (Wildman–Crippen LogP) is 2.19. The highest BCUT2D eigenvalue weighted by Gasteiger charge is 2.30. The van der Waals surface area contributed by atoms with Gasteiger partial charge in [0.1, 0.15) is 0 Å². The van der Waals surface area contributed by atoms with Crippen molar-refractivity contribution in [3.05, 3.63) is 58.5 Å². The summed E-state index contributed by atoms with van der Waals surface area (Å²) in [4.78, 5) is 13.4. The third-order valence-electron chi connectivity index (χ3n) is 2.54. The molecule has 0 aliphatic heterocycles. The van der Waals surface area contributed by atoms with Crippen LogP contribution < -0.4 is 10.2 Å². The molecule has 0 radical (unpaired) electrons. The van der Waals surface area contributed by atoms with Gasteiger partial charge in [0.2, 0.25) is 5.43 Å². The number of aromatic amines is 1. The molecule has 0 saturated carbocycles. The number of pyridine rings is 1. The van der Waals surface area contributed by atoms with Gasteiger partial charge in [-0.1, -0.05) is 0 Å². The molecule has 2 N–H and O–H groups in total. The summed E-state index contributed by atoms with van der Waals surface area (Å²) in [6.45, 7) is 0. The Bertz CT molecular complexity index is 795. The zero-order valence-corrected chi connectivity index (χ0v) is 11.1. The van der Waals surface area contributed by atoms with Gasteiger partial charge in [0.15, 0.2) is 4.90 Å². The molecule has 0 unspecified atom stereocenters. The fourth-order valence-electron chi connectivity index (χ4n) is 1.55. The van der Waals surface area contributed by atoms with Crippen molar-refractivity contribution in [1.82, 2.24) is 4.98 Å². The summed E-state index contributed by atoms with van der Waals surface area (Å²) in [6.07, 6.45) is -2.25. The fourth-order valence-corrected chi connectivity index (χ4v) is 2.66. The lowest BCUT2D eigenvalue weighted by Gasteiger charge is -2.09. The van der Waals surface area contributed by atoms with Crippen LogP contribution in [0.25, 0.3) is 0 Å². The monoisotopic (exact) mass is 318 g/mol. The van der Waals surface area contributed by atoms with Crippen LogP contribution in [-0.4, -0.2) is 13.4 Å². The van der Waals surface area contributed by atoms with E-state index in [1.165, 1.54) is 6.20 Å². The highest BCUT2D eigenvalue weighted by molar-refractivity contribution is 7.92. The van der Waals surface area contributed by atoms with E-state index >= 15 is 0 Å². The minimum atomic E-state index is -4.51. The number of benzene rings is 1. The molecule has 1 aromatic heterocycles. The number of hydrogen-bond acceptors (Lipinski definition) is 3. The normalized spacial score (nSPS) is 12.1. The highest BCUT2D eigenvalue weighted by atomic mass is 32.2. The molecular weight excluding hydrogens is 309 g/mol. The number of halogens is 3. The van der Waals surface area contributed by atoms with Crippen LogP contribution in [0.3, 0.4) is 0 Å². The van der Waals surface area contributed by atoms with Crippen molar-refractivity contribution < 1.29 is 21.6 Å². The Balaban J connectivity index is 2.30. The van der Waals surface area contributed by atoms with Crippen LogP contribution in [0, 0.1) is 0 Å². The zero-order chi connectivity index (χ0) is 15.7. The minimum absolute atomic E-state index is 0.0775. The second-order valence-electron chi connectivity index (χ2n) is 4.05. The number of sulfonamides is 1. The summed E-state index contributed by atoms with van der Waals surface area (Å²) in [6, 6.07) is 4.45. The van der Waals surface area contributed by atoms with Crippen molar-refractivity contribution in [2.24, 2.45) is 0 Å². The quantitative estimate of drug-likeness (QED) is 0.910. The molecule has 0 amide bonds. The molecule has 0 aliphatic carbocycles. The van der Waals surface area contributed by atoms with E-state index in [2.05, 4.69) is 4.98 Å². The first-order chi connectivity index (χ1) is 9.70. The Labute approximate surface area is 117 Å². The molecule has 1 aromatic carbocycles. The molecule has 2 aromatic rings. The lowest BCUT2D eigenvalue weighted by Crippen LogP contribution is -2.21. The number of anilines is 1. The van der Waals surface area contributed by atoms with Gasteiger partial charge in [-0.05, 0) is 24.3 Å². The van der Waals surface area contributed by atoms with Gasteiger partial charge in [0, 0.05) is 24.1 Å². The Hall–Kier alpha value is -2.29. The maximum atomic E-state index is 12.4. The van der Waals surface area contributed by atoms with Gasteiger partial charge in [-0.2, -0.15) is 13.2 Å². The number of H-pyrrole nitrogens is 1. The predicted molar refractivity (Wildman–Crippen MR) is 69.3 cm³/mol. The molecule has 9 heteroatoms. The van der Waals surface area contributed by atoms with Crippen LogP contribution in [0.1, 0.15) is 5.56 Å². The molecule has 21 heavy (non-hydrogen) atoms. The first-order valence-electron chi connectivity index (χ1n) is 5.57. The maximum Gasteiger partial charge on any atom is 0.416 e. The van der Waals surface area contributed by atoms with Crippen molar-refractivity contribution in [3.63, 3.8) is 0 Å². The topological polar surface area (TPSA) is 79.0 Å². The second-order valence-corrected chi connectivity index (χ2v) is 5.70. The maximum absolute atomic E-state index is 12.4. The third-order valence-corrected chi connectivity index (χ3v) is 3.94. The van der Waals surface area contributed by atoms with Gasteiger partial charge in [-0.15, -0.1) is 0 Å². The molecule has 2 rings (SSSR count). The van der Waals surface area contributed by atoms with Crippen LogP contribution in [0.5, 0.6) is 0 Å². The van der Waals surface area contributed by atoms with E-state index in [0.717, 1.165) is 36.5 Å². The van der Waals surface area contributed by atoms with E-state index < -0.39 is 32.1 Å². The van der Waals surface area contributed by atoms with Crippen LogP contribution in [0.2, 0.25) is 0 Å². The lowest BCUT2D eigenvalue weighted by molar-refractivity contribution is -0.137. The molecule has 112 valence electrons. The molecule has 0 bridgehead atoms. The van der Waals surface area contributed by atoms with E-state index in [1.54, 1.807) is 0 Å². The molecule has 0 saturated heterocycles. The van der Waals surface area contributed by atoms with Gasteiger partial charge >= 0.3 is 6.18 Å². The van der Waals surface area contributed by atoms with Gasteiger partial charge in [0.05, 0.1) is 5.56 Å². The van der Waals surface area contributed by atoms with Gasteiger partial charge in [-0.3, -0.25) is 9.52 Å². The number of hydrogen-bond donors (Lipinski definition) is 2. The van der Waals surface area contributed by atoms with Crippen molar-refractivity contribution in [2.45, 2.75) is 11.1 Å². The molecule has 1 heterocycles. The smallest absolute Gasteiger partial charge is 0.366 e. The summed E-state index contributed by atoms with van der Waals surface area (Å²) in [5, 5.41) is 0. The SMILES string of the molecule is O=c1cc[nH]cc1S(=O)(=O)Nc1ccc(C(F)(F)F)cc1. The highest BCUT2D eigenvalue weighted by Crippen LogP contribution is 2.30. The molecule has 0 atom stereocenters. The van der Waals surface area contributed by atoms with Crippen molar-refractivity contribution in [3.8, 4) is 0 Å². The molecule has 5 nitrogen and oxygen atoms in total. The zero-order valence-electron chi connectivity index (χ0n) is 10.3. The third kappa shape index (κ3) is 3.43. The summed E-state index contributed by atoms with van der Waals surface area (Å²) in [5.41, 5.74) is -1.71. The Morgan fingerprint density at radius 3 is 2.19 bits per heavy atom. The van der Waals surface area contributed by atoms with Crippen LogP contribution in [-0.2, 0) is 16.2 Å². The molecule has 0 spiro atoms. The Kier molecular flexibility index (Phi) is 3.77. The van der Waals surface area contributed by atoms with Crippen molar-refractivity contribution >= 4 is 15.7 Å². The van der Waals surface area contributed by atoms with E-state index in [9.17, 15) is 26.4 Å². The summed E-state index contributed by atoms with van der Waals surface area (Å²) in [7, 11) is -4.17. The Morgan fingerprint density at radius 1 is 1.05 bits per heavy atom. The van der Waals surface area contributed by atoms with E-state index in [1.807, 2.05) is 4.72 Å². The molecular formula is C12H9F3N2O3S. The van der Waals surface area contributed by atoms with Gasteiger partial charge in [0.25, 0.3) is 10.0 Å². The fraction of sp³-hybridized carbons (Fsp3) is 0.0833. The van der Waals surface area contributed by atoms with E-state index in [4.69, 9.17) is 0 Å². The van der Waals surface area contributed by atoms with Crippen LogP contribution in [0.4, 0.5) is 18.9 Å². The Morgan fingerprint density at radius 2 is 1.67 bits per heavy atom.